The van der Waals surface area contributed by atoms with E-state index in [1.54, 1.807) is 18.2 Å². The molecule has 2 aromatic rings. The Hall–Kier alpha value is -5.08. The van der Waals surface area contributed by atoms with Gasteiger partial charge in [0.1, 0.15) is 5.92 Å². The van der Waals surface area contributed by atoms with Gasteiger partial charge in [-0.25, -0.2) is 4.79 Å². The summed E-state index contributed by atoms with van der Waals surface area (Å²) in [5.74, 6) is -3.51. The first-order valence-corrected chi connectivity index (χ1v) is 19.9. The second-order valence-corrected chi connectivity index (χ2v) is 17.9. The van der Waals surface area contributed by atoms with Crippen LogP contribution >= 0.6 is 0 Å². The van der Waals surface area contributed by atoms with Crippen LogP contribution in [0.15, 0.2) is 68.6 Å². The van der Waals surface area contributed by atoms with Crippen LogP contribution in [-0.4, -0.2) is 65.4 Å². The van der Waals surface area contributed by atoms with Crippen molar-refractivity contribution in [2.24, 2.45) is 15.9 Å². The third-order valence-corrected chi connectivity index (χ3v) is 12.7. The van der Waals surface area contributed by atoms with E-state index in [1.807, 2.05) is 39.5 Å². The fourth-order valence-electron chi connectivity index (χ4n) is 8.06. The van der Waals surface area contributed by atoms with Gasteiger partial charge >= 0.3 is 5.97 Å². The van der Waals surface area contributed by atoms with Crippen LogP contribution in [-0.2, 0) is 55.2 Å². The van der Waals surface area contributed by atoms with Crippen molar-refractivity contribution < 1.29 is 41.8 Å². The predicted octanol–water partition coefficient (Wildman–Crippen LogP) is 6.22. The number of carbonyl (C=O) groups is 5. The molecule has 1 N–H and O–H groups in total. The normalized spacial score (nSPS) is 22.4. The standard InChI is InChI=1S/C41H44N4O9S/c1-22-39(2,3)26-20-30-27(21-29(26)42-22)40(4,5)32(43-30)18-24-37(49)25(38(24)50)19-33-41(6,7)28-17-23(55(51,52)53)12-13-31(28)44(33)16-10-8-9-11-36(48)54-45-34(46)14-15-35(45)47/h12-13,17-21,25H,8-11,14-16H2,1-7H3,(H,51,52,53)/b24-18?,33-19+. The highest BCUT2D eigenvalue weighted by Crippen LogP contribution is 2.51. The van der Waals surface area contributed by atoms with Crippen molar-refractivity contribution in [2.75, 3.05) is 11.4 Å². The van der Waals surface area contributed by atoms with Crippen LogP contribution in [0.1, 0.15) is 104 Å². The quantitative estimate of drug-likeness (QED) is 0.0728. The average Bonchev–Trinajstić information content (AvgIpc) is 3.71. The van der Waals surface area contributed by atoms with Gasteiger partial charge in [0.05, 0.1) is 27.6 Å². The topological polar surface area (TPSA) is 180 Å². The Morgan fingerprint density at radius 2 is 1.47 bits per heavy atom. The minimum atomic E-state index is -4.51. The number of nitrogens with zero attached hydrogens (tertiary/aromatic N) is 4. The largest absolute Gasteiger partial charge is 0.344 e. The predicted molar refractivity (Wildman–Crippen MR) is 204 cm³/mol. The maximum absolute atomic E-state index is 13.8. The number of ketones is 2. The van der Waals surface area contributed by atoms with Gasteiger partial charge in [-0.05, 0) is 78.9 Å². The maximum atomic E-state index is 13.8. The van der Waals surface area contributed by atoms with Crippen LogP contribution < -0.4 is 4.90 Å². The van der Waals surface area contributed by atoms with Crippen molar-refractivity contribution >= 4 is 68.0 Å². The molecule has 13 nitrogen and oxygen atoms in total. The van der Waals surface area contributed by atoms with Gasteiger partial charge < -0.3 is 9.74 Å². The van der Waals surface area contributed by atoms with E-state index in [0.717, 1.165) is 28.2 Å². The first-order chi connectivity index (χ1) is 25.6. The van der Waals surface area contributed by atoms with Gasteiger partial charge in [0.25, 0.3) is 21.9 Å². The molecule has 7 rings (SSSR count). The van der Waals surface area contributed by atoms with Gasteiger partial charge in [-0.3, -0.25) is 33.7 Å². The molecule has 0 bridgehead atoms. The van der Waals surface area contributed by atoms with Gasteiger partial charge in [0.15, 0.2) is 11.6 Å². The molecule has 5 aliphatic rings. The molecular weight excluding hydrogens is 725 g/mol. The molecule has 14 heteroatoms. The number of unbranched alkanes of at least 4 members (excludes halogenated alkanes) is 2. The van der Waals surface area contributed by atoms with Crippen LogP contribution in [0, 0.1) is 5.92 Å². The number of benzene rings is 2. The molecule has 0 aromatic heterocycles. The molecular formula is C41H44N4O9S. The lowest BCUT2D eigenvalue weighted by molar-refractivity contribution is -0.197. The highest BCUT2D eigenvalue weighted by Gasteiger charge is 2.48. The van der Waals surface area contributed by atoms with E-state index in [1.165, 1.54) is 12.1 Å². The number of aliphatic imine (C=N–C) groups is 2. The van der Waals surface area contributed by atoms with Crippen LogP contribution in [0.2, 0.25) is 0 Å². The summed E-state index contributed by atoms with van der Waals surface area (Å²) in [7, 11) is -4.51. The molecule has 4 heterocycles. The molecule has 288 valence electrons. The van der Waals surface area contributed by atoms with Crippen LogP contribution in [0.4, 0.5) is 17.1 Å². The van der Waals surface area contributed by atoms with E-state index < -0.39 is 44.6 Å². The van der Waals surface area contributed by atoms with Gasteiger partial charge in [0, 0.05) is 59.1 Å². The Morgan fingerprint density at radius 3 is 2.11 bits per heavy atom. The number of carbonyl (C=O) groups excluding carboxylic acids is 5. The van der Waals surface area contributed by atoms with Gasteiger partial charge in [-0.15, -0.1) is 5.06 Å². The summed E-state index contributed by atoms with van der Waals surface area (Å²) in [6, 6.07) is 8.43. The second kappa shape index (κ2) is 13.0. The Kier molecular flexibility index (Phi) is 9.04. The van der Waals surface area contributed by atoms with Crippen LogP contribution in [0.3, 0.4) is 0 Å². The minimum absolute atomic E-state index is 0.00935. The smallest absolute Gasteiger partial charge is 0.333 e. The van der Waals surface area contributed by atoms with Gasteiger partial charge in [-0.1, -0.05) is 48.0 Å². The fraction of sp³-hybridized carbons (Fsp3) is 0.439. The third kappa shape index (κ3) is 6.28. The van der Waals surface area contributed by atoms with E-state index >= 15 is 0 Å². The fourth-order valence-corrected chi connectivity index (χ4v) is 8.57. The monoisotopic (exact) mass is 768 g/mol. The van der Waals surface area contributed by atoms with Crippen molar-refractivity contribution in [2.45, 2.75) is 108 Å². The number of fused-ring (bicyclic) bond motifs is 3. The Labute approximate surface area is 319 Å². The number of hydroxylamine groups is 2. The van der Waals surface area contributed by atoms with Gasteiger partial charge in [0.2, 0.25) is 0 Å². The summed E-state index contributed by atoms with van der Waals surface area (Å²) in [6.45, 7) is 14.4. The van der Waals surface area contributed by atoms with E-state index in [-0.39, 0.29) is 46.7 Å². The van der Waals surface area contributed by atoms with E-state index in [4.69, 9.17) is 14.8 Å². The SMILES string of the molecule is CC1=Nc2cc3c(cc2C1(C)C)N=C(C=C1C(=O)C(/C=C2/N(CCCCCC(=O)ON4C(=O)CCC4=O)c4ccc(S(=O)(=O)O)cc4C2(C)C)C1=O)C3(C)C. The van der Waals surface area contributed by atoms with Crippen LogP contribution in [0.25, 0.3) is 0 Å². The highest BCUT2D eigenvalue weighted by atomic mass is 32.2. The number of allylic oxidation sites excluding steroid dienone is 4. The Bertz CT molecular complexity index is 2330. The number of hydrogen-bond acceptors (Lipinski definition) is 11. The third-order valence-electron chi connectivity index (χ3n) is 11.9. The maximum Gasteiger partial charge on any atom is 0.333 e. The van der Waals surface area contributed by atoms with Crippen molar-refractivity contribution in [3.05, 3.63) is 70.4 Å². The molecule has 0 unspecified atom stereocenters. The molecule has 0 atom stereocenters. The minimum Gasteiger partial charge on any atom is -0.344 e. The van der Waals surface area contributed by atoms with Crippen LogP contribution in [0.5, 0.6) is 0 Å². The lowest BCUT2D eigenvalue weighted by atomic mass is 9.72. The highest BCUT2D eigenvalue weighted by molar-refractivity contribution is 7.85. The number of rotatable bonds is 10. The first-order valence-electron chi connectivity index (χ1n) is 18.5. The zero-order chi connectivity index (χ0) is 40.0. The summed E-state index contributed by atoms with van der Waals surface area (Å²) in [5, 5.41) is 0.524. The van der Waals surface area contributed by atoms with Crippen molar-refractivity contribution in [1.29, 1.82) is 0 Å². The zero-order valence-electron chi connectivity index (χ0n) is 32.0. The molecule has 2 fully saturated rings. The number of anilines is 1. The summed E-state index contributed by atoms with van der Waals surface area (Å²) in [4.78, 5) is 79.8. The Morgan fingerprint density at radius 1 is 0.855 bits per heavy atom. The molecule has 0 radical (unpaired) electrons. The molecule has 2 aromatic carbocycles. The van der Waals surface area contributed by atoms with E-state index in [0.29, 0.717) is 53.5 Å². The molecule has 1 saturated carbocycles. The molecule has 1 aliphatic carbocycles. The van der Waals surface area contributed by atoms with E-state index in [9.17, 15) is 36.9 Å². The number of Topliss-reactive ketones (excluding diaryl/α,β-unsaturated/α-hetero) is 2. The van der Waals surface area contributed by atoms with Crippen molar-refractivity contribution in [1.82, 2.24) is 5.06 Å². The lowest BCUT2D eigenvalue weighted by Gasteiger charge is -2.31. The number of hydrogen-bond donors (Lipinski definition) is 1. The average molecular weight is 769 g/mol. The first kappa shape index (κ1) is 38.2. The molecule has 1 saturated heterocycles. The molecule has 55 heavy (non-hydrogen) atoms. The van der Waals surface area contributed by atoms with Gasteiger partial charge in [-0.2, -0.15) is 8.42 Å². The molecule has 2 amide bonds. The van der Waals surface area contributed by atoms with E-state index in [2.05, 4.69) is 26.0 Å². The Balaban J connectivity index is 1.10. The molecule has 4 aliphatic heterocycles. The summed E-state index contributed by atoms with van der Waals surface area (Å²) < 4.78 is 34.0. The van der Waals surface area contributed by atoms with Crippen molar-refractivity contribution in [3.8, 4) is 0 Å². The molecule has 0 spiro atoms. The summed E-state index contributed by atoms with van der Waals surface area (Å²) in [6.07, 6.45) is 4.78. The summed E-state index contributed by atoms with van der Waals surface area (Å²) in [5.41, 5.74) is 5.71. The lowest BCUT2D eigenvalue weighted by Crippen LogP contribution is -2.42. The van der Waals surface area contributed by atoms with Crippen molar-refractivity contribution in [3.63, 3.8) is 0 Å². The number of imide groups is 1. The second-order valence-electron chi connectivity index (χ2n) is 16.4. The summed E-state index contributed by atoms with van der Waals surface area (Å²) >= 11 is 0. The zero-order valence-corrected chi connectivity index (χ0v) is 32.8. The number of amides is 2.